The van der Waals surface area contributed by atoms with Gasteiger partial charge in [0.2, 0.25) is 0 Å². The van der Waals surface area contributed by atoms with Crippen molar-refractivity contribution < 1.29 is 8.42 Å². The zero-order valence-corrected chi connectivity index (χ0v) is 13.0. The molecule has 5 nitrogen and oxygen atoms in total. The van der Waals surface area contributed by atoms with Crippen LogP contribution in [0.25, 0.3) is 0 Å². The van der Waals surface area contributed by atoms with E-state index in [1.807, 2.05) is 0 Å². The first kappa shape index (κ1) is 15.2. The van der Waals surface area contributed by atoms with E-state index in [1.165, 1.54) is 0 Å². The van der Waals surface area contributed by atoms with E-state index >= 15 is 0 Å². The van der Waals surface area contributed by atoms with Crippen LogP contribution in [0.3, 0.4) is 0 Å². The van der Waals surface area contributed by atoms with Crippen LogP contribution in [0.2, 0.25) is 0 Å². The van der Waals surface area contributed by atoms with Crippen LogP contribution < -0.4 is 5.73 Å². The highest BCUT2D eigenvalue weighted by Crippen LogP contribution is 2.32. The van der Waals surface area contributed by atoms with Crippen molar-refractivity contribution in [2.45, 2.75) is 39.5 Å². The van der Waals surface area contributed by atoms with E-state index in [0.29, 0.717) is 38.6 Å². The van der Waals surface area contributed by atoms with E-state index in [2.05, 4.69) is 13.8 Å². The van der Waals surface area contributed by atoms with Gasteiger partial charge in [-0.05, 0) is 43.6 Å². The molecule has 1 atom stereocenters. The summed E-state index contributed by atoms with van der Waals surface area (Å²) in [6, 6.07) is 0. The van der Waals surface area contributed by atoms with E-state index < -0.39 is 10.2 Å². The van der Waals surface area contributed by atoms with E-state index in [9.17, 15) is 8.42 Å². The first-order chi connectivity index (χ1) is 8.85. The highest BCUT2D eigenvalue weighted by atomic mass is 32.2. The lowest BCUT2D eigenvalue weighted by Gasteiger charge is -2.40. The van der Waals surface area contributed by atoms with E-state index in [-0.39, 0.29) is 5.41 Å². The monoisotopic (exact) mass is 289 g/mol. The van der Waals surface area contributed by atoms with Crippen LogP contribution in [0.15, 0.2) is 0 Å². The second kappa shape index (κ2) is 5.68. The van der Waals surface area contributed by atoms with E-state index in [4.69, 9.17) is 5.73 Å². The average Bonchev–Trinajstić information content (AvgIpc) is 2.38. The second-order valence-corrected chi connectivity index (χ2v) is 8.60. The maximum Gasteiger partial charge on any atom is 0.281 e. The fourth-order valence-electron chi connectivity index (χ4n) is 2.91. The Balaban J connectivity index is 2.02. The van der Waals surface area contributed by atoms with Crippen LogP contribution >= 0.6 is 0 Å². The largest absolute Gasteiger partial charge is 0.330 e. The van der Waals surface area contributed by atoms with Crippen LogP contribution in [0.1, 0.15) is 39.5 Å². The van der Waals surface area contributed by atoms with Gasteiger partial charge in [0.05, 0.1) is 0 Å². The van der Waals surface area contributed by atoms with Crippen molar-refractivity contribution in [2.24, 2.45) is 17.1 Å². The summed E-state index contributed by atoms with van der Waals surface area (Å²) < 4.78 is 28.6. The number of hydrogen-bond acceptors (Lipinski definition) is 3. The van der Waals surface area contributed by atoms with Gasteiger partial charge in [-0.25, -0.2) is 0 Å². The standard InChI is InChI=1S/C13H27N3O2S/c1-13(2)5-8-15(9-6-13)19(17,18)16-7-3-4-12(10-14)11-16/h12H,3-11,14H2,1-2H3. The Morgan fingerprint density at radius 2 is 1.79 bits per heavy atom. The van der Waals surface area contributed by atoms with Gasteiger partial charge < -0.3 is 5.73 Å². The molecule has 0 aromatic heterocycles. The number of hydrogen-bond donors (Lipinski definition) is 1. The summed E-state index contributed by atoms with van der Waals surface area (Å²) in [5.41, 5.74) is 5.96. The Hall–Kier alpha value is -0.170. The van der Waals surface area contributed by atoms with Crippen LogP contribution in [0.5, 0.6) is 0 Å². The molecule has 19 heavy (non-hydrogen) atoms. The molecule has 2 saturated heterocycles. The molecule has 2 rings (SSSR count). The molecule has 0 saturated carbocycles. The van der Waals surface area contributed by atoms with Crippen molar-refractivity contribution in [3.63, 3.8) is 0 Å². The maximum absolute atomic E-state index is 12.6. The summed E-state index contributed by atoms with van der Waals surface area (Å²) in [6.45, 7) is 7.55. The molecule has 2 heterocycles. The van der Waals surface area contributed by atoms with Crippen molar-refractivity contribution in [2.75, 3.05) is 32.7 Å². The average molecular weight is 289 g/mol. The molecule has 112 valence electrons. The van der Waals surface area contributed by atoms with Crippen LogP contribution in [0, 0.1) is 11.3 Å². The van der Waals surface area contributed by atoms with Gasteiger partial charge in [0.1, 0.15) is 0 Å². The van der Waals surface area contributed by atoms with Gasteiger partial charge >= 0.3 is 0 Å². The van der Waals surface area contributed by atoms with Crippen LogP contribution in [-0.4, -0.2) is 49.8 Å². The zero-order chi connectivity index (χ0) is 14.1. The predicted molar refractivity (Wildman–Crippen MR) is 76.9 cm³/mol. The Bertz CT molecular complexity index is 398. The third kappa shape index (κ3) is 3.48. The van der Waals surface area contributed by atoms with Gasteiger partial charge in [0.25, 0.3) is 10.2 Å². The highest BCUT2D eigenvalue weighted by Gasteiger charge is 2.37. The maximum atomic E-state index is 12.6. The lowest BCUT2D eigenvalue weighted by atomic mass is 9.83. The number of piperidine rings is 2. The van der Waals surface area contributed by atoms with E-state index in [1.54, 1.807) is 8.61 Å². The fourth-order valence-corrected chi connectivity index (χ4v) is 4.64. The Morgan fingerprint density at radius 1 is 1.16 bits per heavy atom. The Labute approximate surface area is 117 Å². The lowest BCUT2D eigenvalue weighted by Crippen LogP contribution is -2.51. The molecule has 0 aromatic carbocycles. The predicted octanol–water partition coefficient (Wildman–Crippen LogP) is 1.02. The van der Waals surface area contributed by atoms with Crippen LogP contribution in [-0.2, 0) is 10.2 Å². The van der Waals surface area contributed by atoms with Gasteiger partial charge in [-0.1, -0.05) is 13.8 Å². The summed E-state index contributed by atoms with van der Waals surface area (Å²) in [6.07, 6.45) is 3.87. The molecular formula is C13H27N3O2S. The quantitative estimate of drug-likeness (QED) is 0.843. The molecule has 2 aliphatic rings. The van der Waals surface area contributed by atoms with Crippen molar-refractivity contribution in [3.05, 3.63) is 0 Å². The van der Waals surface area contributed by atoms with Crippen molar-refractivity contribution in [3.8, 4) is 0 Å². The van der Waals surface area contributed by atoms with Gasteiger partial charge in [0, 0.05) is 26.2 Å². The molecule has 2 fully saturated rings. The van der Waals surface area contributed by atoms with Gasteiger partial charge in [-0.3, -0.25) is 0 Å². The Kier molecular flexibility index (Phi) is 4.55. The molecule has 0 aromatic rings. The molecule has 0 aliphatic carbocycles. The molecule has 6 heteroatoms. The molecule has 0 amide bonds. The molecule has 2 aliphatic heterocycles. The van der Waals surface area contributed by atoms with Gasteiger partial charge in [-0.15, -0.1) is 0 Å². The summed E-state index contributed by atoms with van der Waals surface area (Å²) >= 11 is 0. The first-order valence-electron chi connectivity index (χ1n) is 7.30. The molecule has 0 bridgehead atoms. The fraction of sp³-hybridized carbons (Fsp3) is 1.00. The SMILES string of the molecule is CC1(C)CCN(S(=O)(=O)N2CCCC(CN)C2)CC1. The van der Waals surface area contributed by atoms with Crippen molar-refractivity contribution in [1.29, 1.82) is 0 Å². The summed E-state index contributed by atoms with van der Waals surface area (Å²) in [7, 11) is -3.27. The van der Waals surface area contributed by atoms with Gasteiger partial charge in [-0.2, -0.15) is 17.0 Å². The summed E-state index contributed by atoms with van der Waals surface area (Å²) in [5.74, 6) is 0.324. The minimum atomic E-state index is -3.27. The third-order valence-corrected chi connectivity index (χ3v) is 6.55. The summed E-state index contributed by atoms with van der Waals surface area (Å²) in [4.78, 5) is 0. The van der Waals surface area contributed by atoms with E-state index in [0.717, 1.165) is 25.7 Å². The molecule has 2 N–H and O–H groups in total. The van der Waals surface area contributed by atoms with Crippen molar-refractivity contribution >= 4 is 10.2 Å². The molecule has 0 spiro atoms. The van der Waals surface area contributed by atoms with Gasteiger partial charge in [0.15, 0.2) is 0 Å². The minimum Gasteiger partial charge on any atom is -0.330 e. The smallest absolute Gasteiger partial charge is 0.281 e. The zero-order valence-electron chi connectivity index (χ0n) is 12.1. The Morgan fingerprint density at radius 3 is 2.37 bits per heavy atom. The van der Waals surface area contributed by atoms with Crippen LogP contribution in [0.4, 0.5) is 0 Å². The number of rotatable bonds is 3. The second-order valence-electron chi connectivity index (χ2n) is 6.67. The number of nitrogens with zero attached hydrogens (tertiary/aromatic N) is 2. The lowest BCUT2D eigenvalue weighted by molar-refractivity contribution is 0.179. The third-order valence-electron chi connectivity index (χ3n) is 4.54. The molecule has 1 unspecified atom stereocenters. The summed E-state index contributed by atoms with van der Waals surface area (Å²) in [5, 5.41) is 0. The number of nitrogens with two attached hydrogens (primary N) is 1. The first-order valence-corrected chi connectivity index (χ1v) is 8.70. The normalized spacial score (nSPS) is 30.4. The topological polar surface area (TPSA) is 66.6 Å². The highest BCUT2D eigenvalue weighted by molar-refractivity contribution is 7.86. The minimum absolute atomic E-state index is 0.272. The van der Waals surface area contributed by atoms with Crippen molar-refractivity contribution in [1.82, 2.24) is 8.61 Å². The molecule has 0 radical (unpaired) electrons. The molecular weight excluding hydrogens is 262 g/mol.